The Hall–Kier alpha value is -1.70. The molecule has 27 heavy (non-hydrogen) atoms. The summed E-state index contributed by atoms with van der Waals surface area (Å²) in [4.78, 5) is 4.84. The quantitative estimate of drug-likeness (QED) is 0.817. The van der Waals surface area contributed by atoms with E-state index in [9.17, 15) is 13.5 Å². The van der Waals surface area contributed by atoms with E-state index in [2.05, 4.69) is 16.1 Å². The predicted octanol–water partition coefficient (Wildman–Crippen LogP) is 3.04. The van der Waals surface area contributed by atoms with Gasteiger partial charge in [0.1, 0.15) is 5.82 Å². The minimum Gasteiger partial charge on any atom is -0.395 e. The van der Waals surface area contributed by atoms with E-state index in [0.717, 1.165) is 49.5 Å². The van der Waals surface area contributed by atoms with Crippen LogP contribution in [0.5, 0.6) is 0 Å². The first kappa shape index (κ1) is 20.0. The molecule has 1 saturated heterocycles. The van der Waals surface area contributed by atoms with E-state index in [1.54, 1.807) is 12.1 Å². The molecule has 0 spiro atoms. The van der Waals surface area contributed by atoms with Crippen LogP contribution in [0.4, 0.5) is 0 Å². The smallest absolute Gasteiger partial charge is 0.185 e. The molecule has 1 aliphatic rings. The maximum absolute atomic E-state index is 12.8. The molecule has 7 heteroatoms. The fourth-order valence-electron chi connectivity index (χ4n) is 3.38. The Kier molecular flexibility index (Phi) is 5.47. The number of aliphatic hydroxyl groups excluding tert-OH is 1. The molecule has 1 N–H and O–H groups in total. The fraction of sp³-hybridized carbons (Fsp3) is 0.550. The number of sulfone groups is 1. The highest BCUT2D eigenvalue weighted by atomic mass is 32.2. The number of imidazole rings is 1. The van der Waals surface area contributed by atoms with Crippen molar-refractivity contribution in [1.29, 1.82) is 0 Å². The summed E-state index contributed by atoms with van der Waals surface area (Å²) >= 11 is 0. The van der Waals surface area contributed by atoms with Crippen LogP contribution in [0.25, 0.3) is 16.6 Å². The van der Waals surface area contributed by atoms with Gasteiger partial charge in [0, 0.05) is 19.8 Å². The zero-order chi connectivity index (χ0) is 19.8. The molecular weight excluding hydrogens is 364 g/mol. The largest absolute Gasteiger partial charge is 0.395 e. The minimum atomic E-state index is -3.67. The van der Waals surface area contributed by atoms with Gasteiger partial charge in [0.15, 0.2) is 9.84 Å². The Morgan fingerprint density at radius 3 is 2.63 bits per heavy atom. The number of allylic oxidation sites excluding steroid dienone is 1. The third-order valence-corrected chi connectivity index (χ3v) is 7.76. The summed E-state index contributed by atoms with van der Waals surface area (Å²) in [5.41, 5.74) is 2.38. The average molecular weight is 393 g/mol. The summed E-state index contributed by atoms with van der Waals surface area (Å²) in [6, 6.07) is 5.03. The van der Waals surface area contributed by atoms with Crippen LogP contribution in [0, 0.1) is 5.92 Å². The fourth-order valence-corrected chi connectivity index (χ4v) is 4.70. The highest BCUT2D eigenvalue weighted by molar-refractivity contribution is 7.92. The van der Waals surface area contributed by atoms with Gasteiger partial charge in [-0.1, -0.05) is 6.58 Å². The summed E-state index contributed by atoms with van der Waals surface area (Å²) in [6.45, 7) is 10.9. The van der Waals surface area contributed by atoms with E-state index >= 15 is 0 Å². The lowest BCUT2D eigenvalue weighted by molar-refractivity contribution is 0.0615. The molecule has 3 rings (SSSR count). The van der Waals surface area contributed by atoms with E-state index < -0.39 is 21.2 Å². The van der Waals surface area contributed by atoms with Gasteiger partial charge >= 0.3 is 0 Å². The van der Waals surface area contributed by atoms with Gasteiger partial charge in [0.25, 0.3) is 0 Å². The molecule has 1 aromatic carbocycles. The van der Waals surface area contributed by atoms with Crippen LogP contribution in [0.1, 0.15) is 39.4 Å². The number of nitrogens with zero attached hydrogens (tertiary/aromatic N) is 2. The van der Waals surface area contributed by atoms with Crippen LogP contribution in [0.15, 0.2) is 29.7 Å². The highest BCUT2D eigenvalue weighted by Crippen LogP contribution is 2.30. The summed E-state index contributed by atoms with van der Waals surface area (Å²) in [7, 11) is -3.67. The van der Waals surface area contributed by atoms with Crippen LogP contribution in [-0.4, -0.2) is 47.6 Å². The van der Waals surface area contributed by atoms with Crippen molar-refractivity contribution < 1.29 is 18.3 Å². The maximum atomic E-state index is 12.8. The number of fused-ring (bicyclic) bond motifs is 1. The average Bonchev–Trinajstić information content (AvgIpc) is 3.00. The van der Waals surface area contributed by atoms with Crippen molar-refractivity contribution in [3.05, 3.63) is 30.6 Å². The van der Waals surface area contributed by atoms with Gasteiger partial charge in [-0.25, -0.2) is 13.4 Å². The lowest BCUT2D eigenvalue weighted by atomic mass is 10.00. The monoisotopic (exact) mass is 392 g/mol. The number of aliphatic hydroxyl groups is 1. The van der Waals surface area contributed by atoms with Crippen LogP contribution < -0.4 is 0 Å². The molecular formula is C20H28N2O4S. The highest BCUT2D eigenvalue weighted by Gasteiger charge is 2.35. The predicted molar refractivity (Wildman–Crippen MR) is 106 cm³/mol. The Morgan fingerprint density at radius 1 is 1.37 bits per heavy atom. The van der Waals surface area contributed by atoms with Gasteiger partial charge in [0.2, 0.25) is 0 Å². The van der Waals surface area contributed by atoms with Crippen molar-refractivity contribution in [2.45, 2.75) is 49.8 Å². The van der Waals surface area contributed by atoms with E-state index in [-0.39, 0.29) is 4.90 Å². The molecule has 148 valence electrons. The van der Waals surface area contributed by atoms with E-state index in [1.165, 1.54) is 13.8 Å². The Bertz CT molecular complexity index is 954. The number of rotatable bonds is 6. The lowest BCUT2D eigenvalue weighted by Crippen LogP contribution is -2.35. The molecule has 0 saturated carbocycles. The van der Waals surface area contributed by atoms with Crippen LogP contribution in [-0.2, 0) is 21.1 Å². The molecule has 0 atom stereocenters. The first-order chi connectivity index (χ1) is 12.7. The second-order valence-electron chi connectivity index (χ2n) is 7.95. The molecule has 2 heterocycles. The Labute approximate surface area is 160 Å². The third kappa shape index (κ3) is 3.68. The standard InChI is InChI=1S/C20H28N2O4S/c1-14(2)19-21-17-11-16(27(24,25)20(3,4)13-23)5-6-18(17)22(19)12-15-7-9-26-10-8-15/h5-6,11,15,23H,1,7-10,12-13H2,2-4H3. The first-order valence-electron chi connectivity index (χ1n) is 9.27. The SMILES string of the molecule is C=C(C)c1nc2cc(S(=O)(=O)C(C)(C)CO)ccc2n1CC1CCOCC1. The van der Waals surface area contributed by atoms with Gasteiger partial charge in [-0.2, -0.15) is 0 Å². The zero-order valence-corrected chi connectivity index (χ0v) is 17.1. The molecule has 0 aliphatic carbocycles. The maximum Gasteiger partial charge on any atom is 0.185 e. The van der Waals surface area contributed by atoms with Crippen molar-refractivity contribution in [2.75, 3.05) is 19.8 Å². The van der Waals surface area contributed by atoms with Gasteiger partial charge in [0.05, 0.1) is 27.3 Å². The number of ether oxygens (including phenoxy) is 1. The molecule has 0 radical (unpaired) electrons. The van der Waals surface area contributed by atoms with Crippen molar-refractivity contribution >= 4 is 26.4 Å². The summed E-state index contributed by atoms with van der Waals surface area (Å²) in [5.74, 6) is 1.29. The number of hydrogen-bond acceptors (Lipinski definition) is 5. The van der Waals surface area contributed by atoms with Crippen LogP contribution >= 0.6 is 0 Å². The number of hydrogen-bond donors (Lipinski definition) is 1. The second-order valence-corrected chi connectivity index (χ2v) is 10.5. The molecule has 1 fully saturated rings. The topological polar surface area (TPSA) is 81.4 Å². The Balaban J connectivity index is 2.07. The Morgan fingerprint density at radius 2 is 2.04 bits per heavy atom. The molecule has 0 amide bonds. The van der Waals surface area contributed by atoms with Gasteiger partial charge in [-0.3, -0.25) is 0 Å². The van der Waals surface area contributed by atoms with E-state index in [1.807, 2.05) is 13.0 Å². The van der Waals surface area contributed by atoms with Gasteiger partial charge < -0.3 is 14.4 Å². The first-order valence-corrected chi connectivity index (χ1v) is 10.7. The van der Waals surface area contributed by atoms with Crippen molar-refractivity contribution in [3.8, 4) is 0 Å². The summed E-state index contributed by atoms with van der Waals surface area (Å²) in [6.07, 6.45) is 2.01. The summed E-state index contributed by atoms with van der Waals surface area (Å²) in [5, 5.41) is 9.49. The lowest BCUT2D eigenvalue weighted by Gasteiger charge is -2.24. The molecule has 0 bridgehead atoms. The molecule has 1 aliphatic heterocycles. The zero-order valence-electron chi connectivity index (χ0n) is 16.2. The molecule has 1 aromatic heterocycles. The third-order valence-electron chi connectivity index (χ3n) is 5.30. The van der Waals surface area contributed by atoms with Crippen molar-refractivity contribution in [3.63, 3.8) is 0 Å². The van der Waals surface area contributed by atoms with Crippen LogP contribution in [0.2, 0.25) is 0 Å². The van der Waals surface area contributed by atoms with E-state index in [4.69, 9.17) is 4.74 Å². The molecule has 6 nitrogen and oxygen atoms in total. The van der Waals surface area contributed by atoms with Crippen LogP contribution in [0.3, 0.4) is 0 Å². The van der Waals surface area contributed by atoms with Crippen molar-refractivity contribution in [1.82, 2.24) is 9.55 Å². The van der Waals surface area contributed by atoms with Gasteiger partial charge in [-0.05, 0) is 63.3 Å². The minimum absolute atomic E-state index is 0.179. The van der Waals surface area contributed by atoms with Crippen molar-refractivity contribution in [2.24, 2.45) is 5.92 Å². The van der Waals surface area contributed by atoms with E-state index in [0.29, 0.717) is 11.4 Å². The summed E-state index contributed by atoms with van der Waals surface area (Å²) < 4.78 is 32.0. The van der Waals surface area contributed by atoms with Gasteiger partial charge in [-0.15, -0.1) is 0 Å². The number of benzene rings is 1. The second kappa shape index (κ2) is 7.37. The molecule has 0 unspecified atom stereocenters. The normalized spacial score (nSPS) is 16.7. The number of aromatic nitrogens is 2. The molecule has 2 aromatic rings.